The summed E-state index contributed by atoms with van der Waals surface area (Å²) in [4.78, 5) is 4.22. The molecule has 0 bridgehead atoms. The van der Waals surface area contributed by atoms with Crippen LogP contribution in [0.1, 0.15) is 12.5 Å². The summed E-state index contributed by atoms with van der Waals surface area (Å²) in [7, 11) is 1.66. The number of benzene rings is 1. The molecule has 2 aromatic rings. The molecule has 4 nitrogen and oxygen atoms in total. The summed E-state index contributed by atoms with van der Waals surface area (Å²) in [6, 6.07) is 9.70. The monoisotopic (exact) mass is 336 g/mol. The van der Waals surface area contributed by atoms with Crippen molar-refractivity contribution in [3.05, 3.63) is 46.6 Å². The quantitative estimate of drug-likeness (QED) is 0.869. The molecule has 5 heteroatoms. The normalized spacial score (nSPS) is 10.2. The van der Waals surface area contributed by atoms with Crippen LogP contribution < -0.4 is 14.8 Å². The average Bonchev–Trinajstić information content (AvgIpc) is 2.48. The lowest BCUT2D eigenvalue weighted by Gasteiger charge is -2.10. The first-order valence-electron chi connectivity index (χ1n) is 6.38. The first kappa shape index (κ1) is 14.7. The number of hydrogen-bond donors (Lipinski definition) is 1. The van der Waals surface area contributed by atoms with Crippen LogP contribution in [-0.4, -0.2) is 18.7 Å². The number of aromatic nitrogens is 1. The molecule has 2 rings (SSSR count). The summed E-state index contributed by atoms with van der Waals surface area (Å²) in [5.41, 5.74) is 2.07. The van der Waals surface area contributed by atoms with Crippen molar-refractivity contribution in [2.75, 3.05) is 19.0 Å². The fraction of sp³-hybridized carbons (Fsp3) is 0.267. The summed E-state index contributed by atoms with van der Waals surface area (Å²) in [6.07, 6.45) is 1.76. The lowest BCUT2D eigenvalue weighted by Crippen LogP contribution is -2.02. The second-order valence-electron chi connectivity index (χ2n) is 4.13. The third kappa shape index (κ3) is 3.87. The molecule has 0 unspecified atom stereocenters. The molecular weight excluding hydrogens is 320 g/mol. The molecule has 1 heterocycles. The van der Waals surface area contributed by atoms with Gasteiger partial charge in [-0.05, 0) is 36.8 Å². The molecule has 0 radical (unpaired) electrons. The van der Waals surface area contributed by atoms with E-state index in [0.717, 1.165) is 21.5 Å². The Hall–Kier alpha value is -1.75. The first-order valence-corrected chi connectivity index (χ1v) is 7.17. The average molecular weight is 337 g/mol. The number of halogens is 1. The number of pyridine rings is 1. The van der Waals surface area contributed by atoms with E-state index in [0.29, 0.717) is 19.0 Å². The maximum atomic E-state index is 5.31. The smallest absolute Gasteiger partial charge is 0.213 e. The Morgan fingerprint density at radius 1 is 1.25 bits per heavy atom. The van der Waals surface area contributed by atoms with Crippen LogP contribution in [0.2, 0.25) is 0 Å². The van der Waals surface area contributed by atoms with Crippen molar-refractivity contribution in [1.82, 2.24) is 4.98 Å². The molecule has 0 aliphatic heterocycles. The minimum absolute atomic E-state index is 0.622. The van der Waals surface area contributed by atoms with E-state index in [2.05, 4.69) is 26.2 Å². The predicted molar refractivity (Wildman–Crippen MR) is 83.4 cm³/mol. The van der Waals surface area contributed by atoms with Crippen molar-refractivity contribution in [2.45, 2.75) is 13.5 Å². The van der Waals surface area contributed by atoms with Crippen molar-refractivity contribution in [3.63, 3.8) is 0 Å². The van der Waals surface area contributed by atoms with Gasteiger partial charge in [0.1, 0.15) is 5.75 Å². The predicted octanol–water partition coefficient (Wildman–Crippen LogP) is 3.86. The van der Waals surface area contributed by atoms with E-state index in [9.17, 15) is 0 Å². The zero-order valence-electron chi connectivity index (χ0n) is 11.5. The molecule has 0 spiro atoms. The van der Waals surface area contributed by atoms with E-state index < -0.39 is 0 Å². The van der Waals surface area contributed by atoms with E-state index in [1.54, 1.807) is 13.3 Å². The van der Waals surface area contributed by atoms with Crippen LogP contribution in [0.15, 0.2) is 41.0 Å². The largest absolute Gasteiger partial charge is 0.497 e. The SMILES string of the molecule is CCOc1ccc(NCc2cc(OC)ccc2Br)cn1. The highest BCUT2D eigenvalue weighted by molar-refractivity contribution is 9.10. The minimum atomic E-state index is 0.622. The topological polar surface area (TPSA) is 43.4 Å². The van der Waals surface area contributed by atoms with Crippen molar-refractivity contribution >= 4 is 21.6 Å². The van der Waals surface area contributed by atoms with Gasteiger partial charge in [0.15, 0.2) is 0 Å². The number of nitrogens with one attached hydrogen (secondary N) is 1. The van der Waals surface area contributed by atoms with Gasteiger partial charge in [0.05, 0.1) is 25.6 Å². The van der Waals surface area contributed by atoms with Crippen LogP contribution in [-0.2, 0) is 6.54 Å². The molecule has 0 aliphatic carbocycles. The van der Waals surface area contributed by atoms with Gasteiger partial charge in [-0.25, -0.2) is 4.98 Å². The van der Waals surface area contributed by atoms with Crippen molar-refractivity contribution < 1.29 is 9.47 Å². The molecule has 0 saturated carbocycles. The number of ether oxygens (including phenoxy) is 2. The highest BCUT2D eigenvalue weighted by Crippen LogP contribution is 2.23. The van der Waals surface area contributed by atoms with Gasteiger partial charge in [-0.1, -0.05) is 15.9 Å². The number of methoxy groups -OCH3 is 1. The Morgan fingerprint density at radius 3 is 2.75 bits per heavy atom. The second kappa shape index (κ2) is 7.14. The Labute approximate surface area is 127 Å². The third-order valence-electron chi connectivity index (χ3n) is 2.76. The van der Waals surface area contributed by atoms with E-state index in [-0.39, 0.29) is 0 Å². The lowest BCUT2D eigenvalue weighted by atomic mass is 10.2. The standard InChI is InChI=1S/C15H17BrN2O2/c1-3-20-15-7-4-12(10-18-15)17-9-11-8-13(19-2)5-6-14(11)16/h4-8,10,17H,3,9H2,1-2H3. The van der Waals surface area contributed by atoms with Crippen molar-refractivity contribution in [2.24, 2.45) is 0 Å². The minimum Gasteiger partial charge on any atom is -0.497 e. The summed E-state index contributed by atoms with van der Waals surface area (Å²) in [6.45, 7) is 3.25. The fourth-order valence-electron chi connectivity index (χ4n) is 1.73. The summed E-state index contributed by atoms with van der Waals surface area (Å²) < 4.78 is 11.6. The lowest BCUT2D eigenvalue weighted by molar-refractivity contribution is 0.327. The second-order valence-corrected chi connectivity index (χ2v) is 4.98. The molecule has 0 atom stereocenters. The van der Waals surface area contributed by atoms with Crippen molar-refractivity contribution in [1.29, 1.82) is 0 Å². The summed E-state index contributed by atoms with van der Waals surface area (Å²) in [5.74, 6) is 1.48. The molecule has 0 amide bonds. The Kier molecular flexibility index (Phi) is 5.24. The Bertz CT molecular complexity index is 558. The zero-order chi connectivity index (χ0) is 14.4. The molecular formula is C15H17BrN2O2. The third-order valence-corrected chi connectivity index (χ3v) is 3.54. The zero-order valence-corrected chi connectivity index (χ0v) is 13.1. The van der Waals surface area contributed by atoms with Gasteiger partial charge < -0.3 is 14.8 Å². The molecule has 0 aliphatic rings. The van der Waals surface area contributed by atoms with E-state index in [1.807, 2.05) is 37.3 Å². The van der Waals surface area contributed by atoms with Crippen LogP contribution in [0.3, 0.4) is 0 Å². The van der Waals surface area contributed by atoms with Gasteiger partial charge in [0.2, 0.25) is 5.88 Å². The summed E-state index contributed by atoms with van der Waals surface area (Å²) in [5, 5.41) is 3.32. The van der Waals surface area contributed by atoms with Gasteiger partial charge in [0.25, 0.3) is 0 Å². The molecule has 1 N–H and O–H groups in total. The molecule has 0 fully saturated rings. The van der Waals surface area contributed by atoms with Crippen LogP contribution in [0.4, 0.5) is 5.69 Å². The number of hydrogen-bond acceptors (Lipinski definition) is 4. The molecule has 1 aromatic carbocycles. The first-order chi connectivity index (χ1) is 9.72. The van der Waals surface area contributed by atoms with Crippen LogP contribution in [0.25, 0.3) is 0 Å². The van der Waals surface area contributed by atoms with Gasteiger partial charge in [-0.3, -0.25) is 0 Å². The number of rotatable bonds is 6. The van der Waals surface area contributed by atoms with Gasteiger partial charge >= 0.3 is 0 Å². The Morgan fingerprint density at radius 2 is 2.10 bits per heavy atom. The van der Waals surface area contributed by atoms with Crippen LogP contribution >= 0.6 is 15.9 Å². The molecule has 106 valence electrons. The van der Waals surface area contributed by atoms with Crippen molar-refractivity contribution in [3.8, 4) is 11.6 Å². The van der Waals surface area contributed by atoms with Crippen LogP contribution in [0, 0.1) is 0 Å². The van der Waals surface area contributed by atoms with Gasteiger partial charge in [-0.15, -0.1) is 0 Å². The molecule has 20 heavy (non-hydrogen) atoms. The van der Waals surface area contributed by atoms with E-state index >= 15 is 0 Å². The fourth-order valence-corrected chi connectivity index (χ4v) is 2.12. The van der Waals surface area contributed by atoms with E-state index in [4.69, 9.17) is 9.47 Å². The maximum absolute atomic E-state index is 5.31. The Balaban J connectivity index is 2.01. The summed E-state index contributed by atoms with van der Waals surface area (Å²) >= 11 is 3.53. The molecule has 0 saturated heterocycles. The number of nitrogens with zero attached hydrogens (tertiary/aromatic N) is 1. The number of anilines is 1. The van der Waals surface area contributed by atoms with Crippen LogP contribution in [0.5, 0.6) is 11.6 Å². The van der Waals surface area contributed by atoms with Gasteiger partial charge in [0, 0.05) is 17.1 Å². The maximum Gasteiger partial charge on any atom is 0.213 e. The highest BCUT2D eigenvalue weighted by Gasteiger charge is 2.03. The van der Waals surface area contributed by atoms with Gasteiger partial charge in [-0.2, -0.15) is 0 Å². The molecule has 1 aromatic heterocycles. The van der Waals surface area contributed by atoms with E-state index in [1.165, 1.54) is 0 Å². The highest BCUT2D eigenvalue weighted by atomic mass is 79.9.